The molecule has 3 aromatic rings. The quantitative estimate of drug-likeness (QED) is 0.295. The summed E-state index contributed by atoms with van der Waals surface area (Å²) >= 11 is 0. The van der Waals surface area contributed by atoms with Crippen LogP contribution < -0.4 is 0 Å². The van der Waals surface area contributed by atoms with Crippen LogP contribution in [0.5, 0.6) is 17.2 Å². The molecular formula is C32H56O3. The third-order valence-corrected chi connectivity index (χ3v) is 2.27. The molecule has 0 amide bonds. The first-order valence-electron chi connectivity index (χ1n) is 12.9. The summed E-state index contributed by atoms with van der Waals surface area (Å²) < 4.78 is 0. The van der Waals surface area contributed by atoms with E-state index in [1.54, 1.807) is 72.8 Å². The van der Waals surface area contributed by atoms with Gasteiger partial charge in [-0.25, -0.2) is 0 Å². The molecule has 0 bridgehead atoms. The minimum Gasteiger partial charge on any atom is -0.508 e. The number of rotatable bonds is 0. The van der Waals surface area contributed by atoms with Crippen molar-refractivity contribution < 1.29 is 15.3 Å². The standard InChI is InChI=1S/3C6H6O.2C4H10.3C2H6/c3*7-6-4-2-1-3-5-6;2*1-4(2)3;3*1-2/h3*1-5,7H;2*4H,1-3H3;3*1-2H3. The minimum absolute atomic E-state index is 0.322. The summed E-state index contributed by atoms with van der Waals surface area (Å²) in [5.41, 5.74) is 0. The zero-order chi connectivity index (χ0) is 28.5. The van der Waals surface area contributed by atoms with Gasteiger partial charge < -0.3 is 15.3 Å². The second-order valence-corrected chi connectivity index (χ2v) is 7.47. The van der Waals surface area contributed by atoms with Gasteiger partial charge in [-0.05, 0) is 48.2 Å². The van der Waals surface area contributed by atoms with Gasteiger partial charge in [-0.3, -0.25) is 0 Å². The first-order valence-corrected chi connectivity index (χ1v) is 12.9. The van der Waals surface area contributed by atoms with Gasteiger partial charge in [0.15, 0.2) is 0 Å². The number of benzene rings is 3. The van der Waals surface area contributed by atoms with Crippen molar-refractivity contribution >= 4 is 0 Å². The van der Waals surface area contributed by atoms with Crippen molar-refractivity contribution in [1.82, 2.24) is 0 Å². The van der Waals surface area contributed by atoms with E-state index in [2.05, 4.69) is 41.5 Å². The molecule has 0 aromatic heterocycles. The van der Waals surface area contributed by atoms with Gasteiger partial charge in [-0.15, -0.1) is 0 Å². The van der Waals surface area contributed by atoms with Gasteiger partial charge in [0.25, 0.3) is 0 Å². The second kappa shape index (κ2) is 38.3. The zero-order valence-corrected chi connectivity index (χ0v) is 24.7. The Labute approximate surface area is 218 Å². The summed E-state index contributed by atoms with van der Waals surface area (Å²) in [6.45, 7) is 25.0. The third-order valence-electron chi connectivity index (χ3n) is 2.27. The monoisotopic (exact) mass is 488 g/mol. The number of para-hydroxylation sites is 3. The van der Waals surface area contributed by atoms with E-state index < -0.39 is 0 Å². The molecule has 0 saturated heterocycles. The minimum atomic E-state index is 0.322. The number of aromatic hydroxyl groups is 3. The number of hydrogen-bond acceptors (Lipinski definition) is 3. The first kappa shape index (κ1) is 42.2. The van der Waals surface area contributed by atoms with Crippen LogP contribution in [0.3, 0.4) is 0 Å². The predicted octanol–water partition coefficient (Wildman–Crippen LogP) is 10.6. The van der Waals surface area contributed by atoms with Gasteiger partial charge in [0.1, 0.15) is 17.2 Å². The molecule has 3 heteroatoms. The van der Waals surface area contributed by atoms with E-state index in [0.717, 1.165) is 11.8 Å². The van der Waals surface area contributed by atoms with Crippen LogP contribution >= 0.6 is 0 Å². The van der Waals surface area contributed by atoms with Crippen molar-refractivity contribution in [3.63, 3.8) is 0 Å². The maximum absolute atomic E-state index is 8.63. The van der Waals surface area contributed by atoms with Gasteiger partial charge in [-0.1, -0.05) is 138 Å². The molecule has 0 aliphatic rings. The molecular weight excluding hydrogens is 432 g/mol. The highest BCUT2D eigenvalue weighted by molar-refractivity contribution is 5.19. The van der Waals surface area contributed by atoms with E-state index in [1.807, 2.05) is 59.7 Å². The number of phenolic OH excluding ortho intramolecular Hbond substituents is 3. The molecule has 3 N–H and O–H groups in total. The van der Waals surface area contributed by atoms with Gasteiger partial charge in [0.2, 0.25) is 0 Å². The fraction of sp³-hybridized carbons (Fsp3) is 0.438. The lowest BCUT2D eigenvalue weighted by Gasteiger charge is -1.82. The fourth-order valence-corrected chi connectivity index (χ4v) is 1.28. The molecule has 202 valence electrons. The molecule has 0 spiro atoms. The Kier molecular flexibility index (Phi) is 46.3. The largest absolute Gasteiger partial charge is 0.508 e. The number of phenols is 3. The molecule has 0 heterocycles. The summed E-state index contributed by atoms with van der Waals surface area (Å²) in [6, 6.07) is 26.1. The van der Waals surface area contributed by atoms with Gasteiger partial charge in [-0.2, -0.15) is 0 Å². The van der Waals surface area contributed by atoms with Crippen LogP contribution in [0.25, 0.3) is 0 Å². The van der Waals surface area contributed by atoms with Crippen molar-refractivity contribution in [2.24, 2.45) is 11.8 Å². The van der Waals surface area contributed by atoms with Crippen LogP contribution in [0.2, 0.25) is 0 Å². The Morgan fingerprint density at radius 3 is 0.514 bits per heavy atom. The van der Waals surface area contributed by atoms with Crippen molar-refractivity contribution in [3.8, 4) is 17.2 Å². The smallest absolute Gasteiger partial charge is 0.115 e. The Morgan fingerprint density at radius 1 is 0.343 bits per heavy atom. The second-order valence-electron chi connectivity index (χ2n) is 7.47. The van der Waals surface area contributed by atoms with E-state index in [1.165, 1.54) is 0 Å². The highest BCUT2D eigenvalue weighted by Gasteiger charge is 1.76. The maximum atomic E-state index is 8.63. The molecule has 0 aliphatic carbocycles. The number of hydrogen-bond donors (Lipinski definition) is 3. The molecule has 0 fully saturated rings. The molecule has 0 unspecified atom stereocenters. The fourth-order valence-electron chi connectivity index (χ4n) is 1.28. The molecule has 3 aromatic carbocycles. The molecule has 0 aliphatic heterocycles. The third kappa shape index (κ3) is 59.1. The van der Waals surface area contributed by atoms with Crippen LogP contribution in [0.15, 0.2) is 91.0 Å². The van der Waals surface area contributed by atoms with Gasteiger partial charge in [0, 0.05) is 0 Å². The van der Waals surface area contributed by atoms with E-state index in [0.29, 0.717) is 17.2 Å². The van der Waals surface area contributed by atoms with E-state index >= 15 is 0 Å². The zero-order valence-electron chi connectivity index (χ0n) is 24.7. The van der Waals surface area contributed by atoms with Gasteiger partial charge >= 0.3 is 0 Å². The molecule has 35 heavy (non-hydrogen) atoms. The average molecular weight is 489 g/mol. The van der Waals surface area contributed by atoms with Crippen LogP contribution in [-0.2, 0) is 0 Å². The van der Waals surface area contributed by atoms with Crippen molar-refractivity contribution in [2.45, 2.75) is 83.1 Å². The van der Waals surface area contributed by atoms with E-state index in [9.17, 15) is 0 Å². The lowest BCUT2D eigenvalue weighted by Crippen LogP contribution is -1.66. The maximum Gasteiger partial charge on any atom is 0.115 e. The van der Waals surface area contributed by atoms with Crippen molar-refractivity contribution in [1.29, 1.82) is 0 Å². The first-order chi connectivity index (χ1) is 16.6. The Morgan fingerprint density at radius 2 is 0.457 bits per heavy atom. The van der Waals surface area contributed by atoms with E-state index in [4.69, 9.17) is 15.3 Å². The highest BCUT2D eigenvalue weighted by atomic mass is 16.3. The Balaban J connectivity index is -0.000000103. The molecule has 0 saturated carbocycles. The van der Waals surface area contributed by atoms with Crippen LogP contribution in [0, 0.1) is 11.8 Å². The summed E-state index contributed by atoms with van der Waals surface area (Å²) in [4.78, 5) is 0. The van der Waals surface area contributed by atoms with Crippen LogP contribution in [-0.4, -0.2) is 15.3 Å². The van der Waals surface area contributed by atoms with Gasteiger partial charge in [0.05, 0.1) is 0 Å². The van der Waals surface area contributed by atoms with E-state index in [-0.39, 0.29) is 0 Å². The predicted molar refractivity (Wildman–Crippen MR) is 159 cm³/mol. The van der Waals surface area contributed by atoms with Crippen molar-refractivity contribution in [2.75, 3.05) is 0 Å². The van der Waals surface area contributed by atoms with Crippen molar-refractivity contribution in [3.05, 3.63) is 91.0 Å². The normalized spacial score (nSPS) is 7.71. The Hall–Kier alpha value is -2.94. The lowest BCUT2D eigenvalue weighted by atomic mass is 10.3. The molecule has 0 atom stereocenters. The summed E-state index contributed by atoms with van der Waals surface area (Å²) in [6.07, 6.45) is 0. The summed E-state index contributed by atoms with van der Waals surface area (Å²) in [5.74, 6) is 2.63. The van der Waals surface area contributed by atoms with Crippen LogP contribution in [0.4, 0.5) is 0 Å². The summed E-state index contributed by atoms with van der Waals surface area (Å²) in [5, 5.41) is 25.9. The topological polar surface area (TPSA) is 60.7 Å². The summed E-state index contributed by atoms with van der Waals surface area (Å²) in [7, 11) is 0. The SMILES string of the molecule is CC.CC.CC.CC(C)C.CC(C)C.Oc1ccccc1.Oc1ccccc1.Oc1ccccc1. The Bertz CT molecular complexity index is 566. The highest BCUT2D eigenvalue weighted by Crippen LogP contribution is 2.04. The molecule has 3 nitrogen and oxygen atoms in total. The van der Waals surface area contributed by atoms with Crippen LogP contribution in [0.1, 0.15) is 83.1 Å². The average Bonchev–Trinajstić information content (AvgIpc) is 2.85. The molecule has 0 radical (unpaired) electrons. The molecule has 3 rings (SSSR count). The lowest BCUT2D eigenvalue weighted by molar-refractivity contribution is 0.475.